The van der Waals surface area contributed by atoms with Crippen molar-refractivity contribution in [3.63, 3.8) is 0 Å². The maximum absolute atomic E-state index is 10.5. The van der Waals surface area contributed by atoms with E-state index >= 15 is 0 Å². The number of nitrogens with zero attached hydrogens (tertiary/aromatic N) is 2. The SMILES string of the molecule is O=C([O-])C1([N+](=O)[O-])CC([N+](=O)[O-])=CS1.[Na+]. The second-order valence-corrected chi connectivity index (χ2v) is 3.64. The summed E-state index contributed by atoms with van der Waals surface area (Å²) < 4.78 is 0. The molecule has 0 aromatic heterocycles. The third-order valence-electron chi connectivity index (χ3n) is 1.66. The first-order chi connectivity index (χ1) is 6.40. The Labute approximate surface area is 109 Å². The van der Waals surface area contributed by atoms with Gasteiger partial charge < -0.3 is 9.90 Å². The van der Waals surface area contributed by atoms with Crippen LogP contribution in [0.4, 0.5) is 0 Å². The summed E-state index contributed by atoms with van der Waals surface area (Å²) in [6.45, 7) is 0. The van der Waals surface area contributed by atoms with E-state index in [2.05, 4.69) is 0 Å². The molecular formula is C5H3N2NaO6S. The molecule has 0 N–H and O–H groups in total. The molecule has 0 saturated carbocycles. The molecule has 0 saturated heterocycles. The molecule has 0 aromatic rings. The molecule has 8 nitrogen and oxygen atoms in total. The first kappa shape index (κ1) is 14.4. The van der Waals surface area contributed by atoms with Gasteiger partial charge in [-0.15, -0.1) is 0 Å². The van der Waals surface area contributed by atoms with Crippen LogP contribution in [0.1, 0.15) is 6.42 Å². The Morgan fingerprint density at radius 1 is 1.47 bits per heavy atom. The molecule has 0 aliphatic carbocycles. The van der Waals surface area contributed by atoms with Crippen molar-refractivity contribution in [1.82, 2.24) is 0 Å². The third kappa shape index (κ3) is 2.48. The Kier molecular flexibility index (Phi) is 4.71. The van der Waals surface area contributed by atoms with E-state index in [9.17, 15) is 30.1 Å². The van der Waals surface area contributed by atoms with E-state index in [1.165, 1.54) is 0 Å². The van der Waals surface area contributed by atoms with Gasteiger partial charge in [-0.05, 0) is 11.8 Å². The van der Waals surface area contributed by atoms with Crippen molar-refractivity contribution < 1.29 is 49.3 Å². The van der Waals surface area contributed by atoms with Crippen LogP contribution in [0.3, 0.4) is 0 Å². The van der Waals surface area contributed by atoms with Gasteiger partial charge >= 0.3 is 34.4 Å². The number of nitro groups is 2. The van der Waals surface area contributed by atoms with Gasteiger partial charge in [-0.2, -0.15) is 0 Å². The summed E-state index contributed by atoms with van der Waals surface area (Å²) in [6, 6.07) is 0. The zero-order valence-corrected chi connectivity index (χ0v) is 10.4. The van der Waals surface area contributed by atoms with Crippen LogP contribution >= 0.6 is 11.8 Å². The number of carbonyl (C=O) groups is 1. The Hall–Kier alpha value is -0.640. The van der Waals surface area contributed by atoms with Gasteiger partial charge in [-0.25, -0.2) is 0 Å². The van der Waals surface area contributed by atoms with E-state index in [0.717, 1.165) is 5.41 Å². The topological polar surface area (TPSA) is 126 Å². The molecular weight excluding hydrogens is 239 g/mol. The molecule has 1 atom stereocenters. The van der Waals surface area contributed by atoms with E-state index in [4.69, 9.17) is 0 Å². The number of aliphatic carboxylic acids is 1. The van der Waals surface area contributed by atoms with Crippen LogP contribution in [-0.4, -0.2) is 20.7 Å². The summed E-state index contributed by atoms with van der Waals surface area (Å²) in [5.74, 6) is -1.93. The smallest absolute Gasteiger partial charge is 0.542 e. The first-order valence-electron chi connectivity index (χ1n) is 3.27. The Morgan fingerprint density at radius 3 is 2.20 bits per heavy atom. The zero-order valence-electron chi connectivity index (χ0n) is 7.54. The van der Waals surface area contributed by atoms with E-state index < -0.39 is 32.8 Å². The maximum Gasteiger partial charge on any atom is 1.00 e. The molecule has 1 unspecified atom stereocenters. The fourth-order valence-electron chi connectivity index (χ4n) is 0.904. The van der Waals surface area contributed by atoms with Crippen LogP contribution in [0.15, 0.2) is 11.1 Å². The predicted molar refractivity (Wildman–Crippen MR) is 42.0 cm³/mol. The molecule has 1 aliphatic heterocycles. The van der Waals surface area contributed by atoms with Gasteiger partial charge in [-0.3, -0.25) is 20.2 Å². The number of thioether (sulfide) groups is 1. The molecule has 0 fully saturated rings. The number of carboxylic acids is 1. The minimum atomic E-state index is -2.44. The Balaban J connectivity index is 0.00000196. The Morgan fingerprint density at radius 2 is 2.00 bits per heavy atom. The van der Waals surface area contributed by atoms with Gasteiger partial charge in [0.25, 0.3) is 5.70 Å². The molecule has 1 aliphatic rings. The largest absolute Gasteiger partial charge is 1.00 e. The number of carboxylic acid groups (broad SMARTS) is 1. The second kappa shape index (κ2) is 4.92. The molecule has 0 bridgehead atoms. The van der Waals surface area contributed by atoms with Gasteiger partial charge in [0.15, 0.2) is 0 Å². The fraction of sp³-hybridized carbons (Fsp3) is 0.400. The van der Waals surface area contributed by atoms with Gasteiger partial charge in [-0.1, -0.05) is 0 Å². The zero-order chi connectivity index (χ0) is 10.9. The minimum absolute atomic E-state index is 0. The van der Waals surface area contributed by atoms with Crippen LogP contribution in [0.5, 0.6) is 0 Å². The number of hydrogen-bond acceptors (Lipinski definition) is 7. The van der Waals surface area contributed by atoms with Crippen molar-refractivity contribution in [3.05, 3.63) is 31.3 Å². The maximum atomic E-state index is 10.5. The van der Waals surface area contributed by atoms with Crippen molar-refractivity contribution in [1.29, 1.82) is 0 Å². The summed E-state index contributed by atoms with van der Waals surface area (Å²) in [4.78, 5) is 26.8. The summed E-state index contributed by atoms with van der Waals surface area (Å²) in [5.41, 5.74) is -0.490. The van der Waals surface area contributed by atoms with Crippen molar-refractivity contribution in [2.24, 2.45) is 0 Å². The molecule has 76 valence electrons. The molecule has 0 spiro atoms. The molecule has 0 radical (unpaired) electrons. The van der Waals surface area contributed by atoms with Crippen molar-refractivity contribution >= 4 is 17.7 Å². The van der Waals surface area contributed by atoms with Crippen molar-refractivity contribution in [2.45, 2.75) is 11.3 Å². The standard InChI is InChI=1S/C5H4N2O6S.Na/c8-4(9)5(7(12)13)1-3(2-14-5)6(10)11;/h2H,1H2,(H,8,9);/q;+1/p-1. The van der Waals surface area contributed by atoms with Crippen LogP contribution in [0.25, 0.3) is 0 Å². The molecule has 1 rings (SSSR count). The summed E-state index contributed by atoms with van der Waals surface area (Å²) in [7, 11) is 0. The van der Waals surface area contributed by atoms with E-state index in [1.54, 1.807) is 0 Å². The van der Waals surface area contributed by atoms with Crippen molar-refractivity contribution in [2.75, 3.05) is 0 Å². The normalized spacial score (nSPS) is 23.9. The van der Waals surface area contributed by atoms with E-state index in [1.807, 2.05) is 0 Å². The molecule has 0 aromatic carbocycles. The summed E-state index contributed by atoms with van der Waals surface area (Å²) in [6.07, 6.45) is -0.764. The summed E-state index contributed by atoms with van der Waals surface area (Å²) in [5, 5.41) is 32.0. The predicted octanol–water partition coefficient (Wildman–Crippen LogP) is -4.03. The fourth-order valence-corrected chi connectivity index (χ4v) is 1.82. The van der Waals surface area contributed by atoms with Gasteiger partial charge in [0.05, 0.1) is 10.3 Å². The van der Waals surface area contributed by atoms with Crippen LogP contribution in [0, 0.1) is 20.2 Å². The van der Waals surface area contributed by atoms with Gasteiger partial charge in [0, 0.05) is 4.92 Å². The average molecular weight is 242 g/mol. The number of rotatable bonds is 3. The Bertz CT molecular complexity index is 341. The van der Waals surface area contributed by atoms with E-state index in [0.29, 0.717) is 0 Å². The minimum Gasteiger partial charge on any atom is -0.542 e. The average Bonchev–Trinajstić information content (AvgIpc) is 2.48. The number of carbonyl (C=O) groups excluding carboxylic acids is 1. The molecule has 10 heteroatoms. The quantitative estimate of drug-likeness (QED) is 0.280. The van der Waals surface area contributed by atoms with Crippen LogP contribution in [-0.2, 0) is 4.79 Å². The van der Waals surface area contributed by atoms with E-state index in [-0.39, 0.29) is 41.3 Å². The monoisotopic (exact) mass is 242 g/mol. The van der Waals surface area contributed by atoms with Crippen LogP contribution in [0.2, 0.25) is 0 Å². The third-order valence-corrected chi connectivity index (χ3v) is 2.90. The molecule has 15 heavy (non-hydrogen) atoms. The second-order valence-electron chi connectivity index (χ2n) is 2.49. The number of hydrogen-bond donors (Lipinski definition) is 0. The van der Waals surface area contributed by atoms with Gasteiger partial charge in [0.2, 0.25) is 0 Å². The summed E-state index contributed by atoms with van der Waals surface area (Å²) >= 11 is 0.278. The first-order valence-corrected chi connectivity index (χ1v) is 4.15. The van der Waals surface area contributed by atoms with Crippen LogP contribution < -0.4 is 34.7 Å². The van der Waals surface area contributed by atoms with Gasteiger partial charge in [0.1, 0.15) is 12.4 Å². The molecule has 1 heterocycles. The van der Waals surface area contributed by atoms with Crippen molar-refractivity contribution in [3.8, 4) is 0 Å². The molecule has 0 amide bonds.